The van der Waals surface area contributed by atoms with Gasteiger partial charge in [-0.15, -0.1) is 0 Å². The third-order valence-corrected chi connectivity index (χ3v) is 6.10. The fourth-order valence-electron chi connectivity index (χ4n) is 4.03. The molecular weight excluding hydrogens is 424 g/mol. The van der Waals surface area contributed by atoms with Crippen LogP contribution in [0.4, 0.5) is 5.69 Å². The molecule has 4 rings (SSSR count). The molecule has 166 valence electrons. The molecule has 1 amide bonds. The lowest BCUT2D eigenvalue weighted by atomic mass is 10.1. The number of hydrogen-bond acceptors (Lipinski definition) is 4. The highest BCUT2D eigenvalue weighted by atomic mass is 35.5. The van der Waals surface area contributed by atoms with Crippen molar-refractivity contribution in [1.29, 1.82) is 0 Å². The number of aromatic nitrogens is 2. The Morgan fingerprint density at radius 2 is 1.78 bits per heavy atom. The third kappa shape index (κ3) is 5.02. The molecule has 1 aliphatic heterocycles. The quantitative estimate of drug-likeness (QED) is 0.591. The summed E-state index contributed by atoms with van der Waals surface area (Å²) >= 11 is 6.07. The molecule has 1 fully saturated rings. The van der Waals surface area contributed by atoms with Crippen molar-refractivity contribution >= 4 is 23.2 Å². The number of nitrogens with zero attached hydrogens (tertiary/aromatic N) is 4. The smallest absolute Gasteiger partial charge is 0.266 e. The van der Waals surface area contributed by atoms with Gasteiger partial charge in [0.1, 0.15) is 0 Å². The van der Waals surface area contributed by atoms with Crippen LogP contribution in [0.5, 0.6) is 0 Å². The highest BCUT2D eigenvalue weighted by Crippen LogP contribution is 2.23. The Bertz CT molecular complexity index is 1180. The second-order valence-electron chi connectivity index (χ2n) is 8.20. The molecule has 6 nitrogen and oxygen atoms in total. The summed E-state index contributed by atoms with van der Waals surface area (Å²) in [4.78, 5) is 29.3. The number of aryl methyl sites for hydroxylation is 3. The lowest BCUT2D eigenvalue weighted by Crippen LogP contribution is -2.49. The molecule has 0 saturated carbocycles. The van der Waals surface area contributed by atoms with Crippen LogP contribution >= 0.6 is 11.6 Å². The molecule has 0 aliphatic carbocycles. The predicted octanol–water partition coefficient (Wildman–Crippen LogP) is 3.92. The third-order valence-electron chi connectivity index (χ3n) is 5.86. The SMILES string of the molecule is Cc1ccc(C)c(N2CCN(C(=O)CCn3nc(-c4cccc(Cl)c4)ccc3=O)CC2)c1. The largest absolute Gasteiger partial charge is 0.368 e. The van der Waals surface area contributed by atoms with Gasteiger partial charge in [-0.25, -0.2) is 4.68 Å². The van der Waals surface area contributed by atoms with Crippen molar-refractivity contribution in [3.8, 4) is 11.3 Å². The highest BCUT2D eigenvalue weighted by Gasteiger charge is 2.22. The van der Waals surface area contributed by atoms with Crippen LogP contribution in [-0.2, 0) is 11.3 Å². The zero-order valence-corrected chi connectivity index (χ0v) is 19.2. The first-order valence-corrected chi connectivity index (χ1v) is 11.2. The van der Waals surface area contributed by atoms with Crippen molar-refractivity contribution < 1.29 is 4.79 Å². The van der Waals surface area contributed by atoms with Gasteiger partial charge in [-0.3, -0.25) is 9.59 Å². The van der Waals surface area contributed by atoms with Crippen LogP contribution in [0.1, 0.15) is 17.5 Å². The van der Waals surface area contributed by atoms with Crippen molar-refractivity contribution in [1.82, 2.24) is 14.7 Å². The number of anilines is 1. The van der Waals surface area contributed by atoms with Crippen LogP contribution in [-0.4, -0.2) is 46.8 Å². The second kappa shape index (κ2) is 9.57. The summed E-state index contributed by atoms with van der Waals surface area (Å²) in [6.45, 7) is 7.43. The van der Waals surface area contributed by atoms with Crippen LogP contribution in [0.3, 0.4) is 0 Å². The van der Waals surface area contributed by atoms with Gasteiger partial charge in [-0.2, -0.15) is 5.10 Å². The zero-order chi connectivity index (χ0) is 22.7. The molecule has 1 saturated heterocycles. The molecule has 0 N–H and O–H groups in total. The summed E-state index contributed by atoms with van der Waals surface area (Å²) in [6, 6.07) is 17.0. The summed E-state index contributed by atoms with van der Waals surface area (Å²) in [6.07, 6.45) is 0.245. The van der Waals surface area contributed by atoms with Gasteiger partial charge in [0.15, 0.2) is 0 Å². The van der Waals surface area contributed by atoms with E-state index in [9.17, 15) is 9.59 Å². The molecule has 0 bridgehead atoms. The number of hydrogen-bond donors (Lipinski definition) is 0. The van der Waals surface area contributed by atoms with E-state index in [-0.39, 0.29) is 24.4 Å². The maximum absolute atomic E-state index is 12.8. The molecule has 7 heteroatoms. The fourth-order valence-corrected chi connectivity index (χ4v) is 4.22. The van der Waals surface area contributed by atoms with Gasteiger partial charge in [0, 0.05) is 54.9 Å². The van der Waals surface area contributed by atoms with E-state index in [4.69, 9.17) is 11.6 Å². The number of halogens is 1. The zero-order valence-electron chi connectivity index (χ0n) is 18.4. The van der Waals surface area contributed by atoms with Gasteiger partial charge in [0.25, 0.3) is 5.56 Å². The Labute approximate surface area is 193 Å². The average molecular weight is 451 g/mol. The van der Waals surface area contributed by atoms with E-state index in [0.29, 0.717) is 23.8 Å². The Hall–Kier alpha value is -3.12. The maximum atomic E-state index is 12.8. The first-order chi connectivity index (χ1) is 15.4. The van der Waals surface area contributed by atoms with E-state index in [1.54, 1.807) is 18.2 Å². The van der Waals surface area contributed by atoms with Crippen LogP contribution in [0.2, 0.25) is 5.02 Å². The first kappa shape index (κ1) is 22.1. The van der Waals surface area contributed by atoms with E-state index < -0.39 is 0 Å². The summed E-state index contributed by atoms with van der Waals surface area (Å²) in [5, 5.41) is 5.05. The Morgan fingerprint density at radius 3 is 2.53 bits per heavy atom. The van der Waals surface area contributed by atoms with Crippen molar-refractivity contribution in [3.63, 3.8) is 0 Å². The van der Waals surface area contributed by atoms with E-state index in [1.165, 1.54) is 27.6 Å². The van der Waals surface area contributed by atoms with Crippen LogP contribution in [0.25, 0.3) is 11.3 Å². The second-order valence-corrected chi connectivity index (χ2v) is 8.63. The van der Waals surface area contributed by atoms with Crippen LogP contribution in [0, 0.1) is 13.8 Å². The summed E-state index contributed by atoms with van der Waals surface area (Å²) < 4.78 is 1.36. The van der Waals surface area contributed by atoms with Crippen molar-refractivity contribution in [2.24, 2.45) is 0 Å². The number of benzene rings is 2. The van der Waals surface area contributed by atoms with Gasteiger partial charge in [0.05, 0.1) is 12.2 Å². The summed E-state index contributed by atoms with van der Waals surface area (Å²) in [5.41, 5.74) is 5.00. The molecule has 3 aromatic rings. The number of carbonyl (C=O) groups is 1. The van der Waals surface area contributed by atoms with Gasteiger partial charge >= 0.3 is 0 Å². The lowest BCUT2D eigenvalue weighted by molar-refractivity contribution is -0.131. The van der Waals surface area contributed by atoms with Gasteiger partial charge in [-0.1, -0.05) is 35.9 Å². The van der Waals surface area contributed by atoms with E-state index in [0.717, 1.165) is 18.7 Å². The number of rotatable bonds is 5. The minimum Gasteiger partial charge on any atom is -0.368 e. The van der Waals surface area contributed by atoms with Crippen LogP contribution < -0.4 is 10.5 Å². The normalized spacial score (nSPS) is 14.0. The fraction of sp³-hybridized carbons (Fsp3) is 0.320. The minimum atomic E-state index is -0.219. The Morgan fingerprint density at radius 1 is 1.00 bits per heavy atom. The standard InChI is InChI=1S/C25H27ClN4O2/c1-18-6-7-19(2)23(16-18)28-12-14-29(15-13-28)24(31)10-11-30-25(32)9-8-22(27-30)20-4-3-5-21(26)17-20/h3-9,16-17H,10-15H2,1-2H3. The van der Waals surface area contributed by atoms with Crippen molar-refractivity contribution in [2.75, 3.05) is 31.1 Å². The Balaban J connectivity index is 1.37. The molecule has 0 unspecified atom stereocenters. The Kier molecular flexibility index (Phi) is 6.61. The molecule has 1 aromatic heterocycles. The van der Waals surface area contributed by atoms with E-state index >= 15 is 0 Å². The lowest BCUT2D eigenvalue weighted by Gasteiger charge is -2.37. The molecule has 0 radical (unpaired) electrons. The molecule has 2 heterocycles. The molecule has 32 heavy (non-hydrogen) atoms. The van der Waals surface area contributed by atoms with Gasteiger partial charge < -0.3 is 9.80 Å². The predicted molar refractivity (Wildman–Crippen MR) is 128 cm³/mol. The number of carbonyl (C=O) groups excluding carboxylic acids is 1. The number of piperazine rings is 1. The van der Waals surface area contributed by atoms with Gasteiger partial charge in [0.2, 0.25) is 5.91 Å². The van der Waals surface area contributed by atoms with E-state index in [1.807, 2.05) is 17.0 Å². The first-order valence-electron chi connectivity index (χ1n) is 10.8. The average Bonchev–Trinajstić information content (AvgIpc) is 2.80. The molecule has 0 spiro atoms. The summed E-state index contributed by atoms with van der Waals surface area (Å²) in [7, 11) is 0. The molecular formula is C25H27ClN4O2. The van der Waals surface area contributed by atoms with Crippen LogP contribution in [0.15, 0.2) is 59.4 Å². The maximum Gasteiger partial charge on any atom is 0.266 e. The van der Waals surface area contributed by atoms with Gasteiger partial charge in [-0.05, 0) is 49.2 Å². The highest BCUT2D eigenvalue weighted by molar-refractivity contribution is 6.30. The number of amides is 1. The monoisotopic (exact) mass is 450 g/mol. The van der Waals surface area contributed by atoms with E-state index in [2.05, 4.69) is 42.0 Å². The van der Waals surface area contributed by atoms with Crippen molar-refractivity contribution in [3.05, 3.63) is 81.1 Å². The van der Waals surface area contributed by atoms with Crippen molar-refractivity contribution in [2.45, 2.75) is 26.8 Å². The molecule has 2 aromatic carbocycles. The topological polar surface area (TPSA) is 58.4 Å². The molecule has 0 atom stereocenters. The summed E-state index contributed by atoms with van der Waals surface area (Å²) in [5.74, 6) is 0.0486. The minimum absolute atomic E-state index is 0.0486. The molecule has 1 aliphatic rings.